The molecule has 2 aromatic heterocycles. The summed E-state index contributed by atoms with van der Waals surface area (Å²) in [6.45, 7) is 0. The highest BCUT2D eigenvalue weighted by Gasteiger charge is 2.23. The van der Waals surface area contributed by atoms with Crippen LogP contribution in [-0.2, 0) is 0 Å². The minimum absolute atomic E-state index is 0.00131. The maximum atomic E-state index is 13.6. The highest BCUT2D eigenvalue weighted by atomic mass is 32.2. The zero-order chi connectivity index (χ0) is 16.6. The van der Waals surface area contributed by atoms with Crippen LogP contribution in [0.4, 0.5) is 22.0 Å². The molecule has 0 fully saturated rings. The molecule has 0 amide bonds. The molecular formula is C13H5F5N4S. The van der Waals surface area contributed by atoms with Gasteiger partial charge in [0.2, 0.25) is 5.16 Å². The molecule has 3 aromatic rings. The van der Waals surface area contributed by atoms with Crippen molar-refractivity contribution in [1.82, 2.24) is 20.2 Å². The van der Waals surface area contributed by atoms with E-state index in [9.17, 15) is 22.0 Å². The Bertz CT molecular complexity index is 857. The second-order valence-electron chi connectivity index (χ2n) is 4.20. The molecule has 0 aliphatic carbocycles. The summed E-state index contributed by atoms with van der Waals surface area (Å²) in [4.78, 5) is 5.30. The van der Waals surface area contributed by atoms with Crippen LogP contribution < -0.4 is 0 Å². The van der Waals surface area contributed by atoms with Gasteiger partial charge in [-0.1, -0.05) is 12.1 Å². The molecule has 0 spiro atoms. The molecule has 1 aromatic carbocycles. The number of hydrogen-bond acceptors (Lipinski definition) is 4. The molecule has 1 N–H and O–H groups in total. The predicted molar refractivity (Wildman–Crippen MR) is 70.0 cm³/mol. The van der Waals surface area contributed by atoms with E-state index in [0.717, 1.165) is 0 Å². The standard InChI is InChI=1S/C13H5F5N4S/c14-6-4-2-1-3-5(6)12-20-13(22-21-12)23-9-7(15)10(17)19-11(18)8(9)16/h1-4H,(H,20,21,22). The van der Waals surface area contributed by atoms with Gasteiger partial charge in [-0.3, -0.25) is 5.10 Å². The van der Waals surface area contributed by atoms with Crippen LogP contribution >= 0.6 is 11.8 Å². The lowest BCUT2D eigenvalue weighted by atomic mass is 10.2. The summed E-state index contributed by atoms with van der Waals surface area (Å²) in [5, 5.41) is 5.77. The second kappa shape index (κ2) is 5.95. The van der Waals surface area contributed by atoms with Crippen molar-refractivity contribution in [2.45, 2.75) is 10.1 Å². The summed E-state index contributed by atoms with van der Waals surface area (Å²) in [5.74, 6) is -7.47. The van der Waals surface area contributed by atoms with Gasteiger partial charge in [-0.25, -0.2) is 18.2 Å². The third-order valence-electron chi connectivity index (χ3n) is 2.74. The summed E-state index contributed by atoms with van der Waals surface area (Å²) in [7, 11) is 0. The predicted octanol–water partition coefficient (Wildman–Crippen LogP) is 3.71. The topological polar surface area (TPSA) is 54.5 Å². The molecule has 3 rings (SSSR count). The van der Waals surface area contributed by atoms with Gasteiger partial charge in [-0.05, 0) is 23.9 Å². The summed E-state index contributed by atoms with van der Waals surface area (Å²) in [5.41, 5.74) is 0.0832. The first-order chi connectivity index (χ1) is 11.0. The fourth-order valence-corrected chi connectivity index (χ4v) is 2.47. The molecule has 0 saturated carbocycles. The third-order valence-corrected chi connectivity index (χ3v) is 3.67. The smallest absolute Gasteiger partial charge is 0.252 e. The van der Waals surface area contributed by atoms with E-state index >= 15 is 0 Å². The Balaban J connectivity index is 1.96. The van der Waals surface area contributed by atoms with Crippen LogP contribution in [-0.4, -0.2) is 20.2 Å². The van der Waals surface area contributed by atoms with Gasteiger partial charge in [0, 0.05) is 0 Å². The minimum atomic E-state index is -1.78. The molecule has 0 bridgehead atoms. The number of aromatic nitrogens is 4. The summed E-state index contributed by atoms with van der Waals surface area (Å²) < 4.78 is 66.8. The molecule has 10 heteroatoms. The van der Waals surface area contributed by atoms with Crippen LogP contribution in [0.25, 0.3) is 11.4 Å². The lowest BCUT2D eigenvalue weighted by Gasteiger charge is -2.02. The van der Waals surface area contributed by atoms with E-state index in [4.69, 9.17) is 0 Å². The number of nitrogens with zero attached hydrogens (tertiary/aromatic N) is 3. The SMILES string of the molecule is Fc1ccccc1-c1nc(Sc2c(F)c(F)nc(F)c2F)n[nH]1. The molecule has 23 heavy (non-hydrogen) atoms. The van der Waals surface area contributed by atoms with Gasteiger partial charge in [-0.15, -0.1) is 5.10 Å². The Labute approximate surface area is 129 Å². The van der Waals surface area contributed by atoms with E-state index in [1.54, 1.807) is 6.07 Å². The van der Waals surface area contributed by atoms with Crippen molar-refractivity contribution in [1.29, 1.82) is 0 Å². The van der Waals surface area contributed by atoms with Crippen LogP contribution in [0.2, 0.25) is 0 Å². The first-order valence-electron chi connectivity index (χ1n) is 6.02. The van der Waals surface area contributed by atoms with Gasteiger partial charge in [0.25, 0.3) is 11.9 Å². The van der Waals surface area contributed by atoms with Gasteiger partial charge < -0.3 is 0 Å². The van der Waals surface area contributed by atoms with Crippen molar-refractivity contribution >= 4 is 11.8 Å². The fraction of sp³-hybridized carbons (Fsp3) is 0. The third kappa shape index (κ3) is 2.89. The van der Waals surface area contributed by atoms with Crippen LogP contribution in [0.5, 0.6) is 0 Å². The van der Waals surface area contributed by atoms with Crippen molar-refractivity contribution in [2.75, 3.05) is 0 Å². The van der Waals surface area contributed by atoms with Gasteiger partial charge in [0.15, 0.2) is 17.5 Å². The first-order valence-corrected chi connectivity index (χ1v) is 6.84. The summed E-state index contributed by atoms with van der Waals surface area (Å²) in [6, 6.07) is 5.63. The molecule has 0 atom stereocenters. The number of hydrogen-bond donors (Lipinski definition) is 1. The number of rotatable bonds is 3. The Morgan fingerprint density at radius 2 is 1.52 bits per heavy atom. The van der Waals surface area contributed by atoms with E-state index in [1.807, 2.05) is 0 Å². The van der Waals surface area contributed by atoms with E-state index < -0.39 is 34.2 Å². The Kier molecular flexibility index (Phi) is 3.99. The van der Waals surface area contributed by atoms with E-state index in [2.05, 4.69) is 20.2 Å². The number of nitrogens with one attached hydrogen (secondary N) is 1. The van der Waals surface area contributed by atoms with Crippen LogP contribution in [0.1, 0.15) is 0 Å². The highest BCUT2D eigenvalue weighted by molar-refractivity contribution is 7.99. The summed E-state index contributed by atoms with van der Waals surface area (Å²) >= 11 is 0.245. The zero-order valence-electron chi connectivity index (χ0n) is 10.9. The lowest BCUT2D eigenvalue weighted by Crippen LogP contribution is -2.02. The number of pyridine rings is 1. The van der Waals surface area contributed by atoms with Crippen LogP contribution in [0, 0.1) is 29.3 Å². The molecule has 2 heterocycles. The number of benzene rings is 1. The van der Waals surface area contributed by atoms with Gasteiger partial charge in [-0.2, -0.15) is 13.8 Å². The Morgan fingerprint density at radius 1 is 0.870 bits per heavy atom. The fourth-order valence-electron chi connectivity index (χ4n) is 1.71. The Morgan fingerprint density at radius 3 is 2.17 bits per heavy atom. The number of aromatic amines is 1. The maximum absolute atomic E-state index is 13.6. The first kappa shape index (κ1) is 15.4. The Hall–Kier alpha value is -2.49. The largest absolute Gasteiger partial charge is 0.258 e. The molecule has 0 saturated heterocycles. The molecule has 0 aliphatic rings. The maximum Gasteiger partial charge on any atom is 0.252 e. The van der Waals surface area contributed by atoms with Crippen molar-refractivity contribution in [2.24, 2.45) is 0 Å². The average molecular weight is 344 g/mol. The minimum Gasteiger partial charge on any atom is -0.258 e. The highest BCUT2D eigenvalue weighted by Crippen LogP contribution is 2.32. The molecular weight excluding hydrogens is 339 g/mol. The number of H-pyrrole nitrogens is 1. The normalized spacial score (nSPS) is 11.0. The molecule has 0 aliphatic heterocycles. The van der Waals surface area contributed by atoms with Crippen LogP contribution in [0.15, 0.2) is 34.3 Å². The van der Waals surface area contributed by atoms with Crippen molar-refractivity contribution < 1.29 is 22.0 Å². The molecule has 4 nitrogen and oxygen atoms in total. The quantitative estimate of drug-likeness (QED) is 0.581. The van der Waals surface area contributed by atoms with Crippen molar-refractivity contribution in [3.63, 3.8) is 0 Å². The van der Waals surface area contributed by atoms with Crippen molar-refractivity contribution in [3.05, 3.63) is 53.6 Å². The van der Waals surface area contributed by atoms with Gasteiger partial charge >= 0.3 is 0 Å². The zero-order valence-corrected chi connectivity index (χ0v) is 11.8. The molecule has 0 unspecified atom stereocenters. The average Bonchev–Trinajstić information content (AvgIpc) is 2.98. The van der Waals surface area contributed by atoms with Gasteiger partial charge in [0.1, 0.15) is 5.82 Å². The molecule has 118 valence electrons. The summed E-state index contributed by atoms with van der Waals surface area (Å²) in [6.07, 6.45) is 0. The van der Waals surface area contributed by atoms with E-state index in [1.165, 1.54) is 18.2 Å². The lowest BCUT2D eigenvalue weighted by molar-refractivity contribution is 0.383. The second-order valence-corrected chi connectivity index (χ2v) is 5.18. The monoisotopic (exact) mass is 344 g/mol. The van der Waals surface area contributed by atoms with Gasteiger partial charge in [0.05, 0.1) is 10.5 Å². The van der Waals surface area contributed by atoms with E-state index in [-0.39, 0.29) is 28.3 Å². The molecule has 0 radical (unpaired) electrons. The number of halogens is 5. The van der Waals surface area contributed by atoms with Crippen LogP contribution in [0.3, 0.4) is 0 Å². The van der Waals surface area contributed by atoms with E-state index in [0.29, 0.717) is 0 Å². The van der Waals surface area contributed by atoms with Crippen molar-refractivity contribution in [3.8, 4) is 11.4 Å².